The number of nitrogens with one attached hydrogen (secondary N) is 1. The number of carbonyl (C=O) groups is 2. The number of phenols is 1. The quantitative estimate of drug-likeness (QED) is 0.446. The largest absolute Gasteiger partial charge is 0.508 e. The maximum Gasteiger partial charge on any atom is 0.321 e. The zero-order valence-electron chi connectivity index (χ0n) is 11.0. The molecule has 0 heterocycles. The van der Waals surface area contributed by atoms with Crippen LogP contribution >= 0.6 is 7.52 Å². The van der Waals surface area contributed by atoms with Gasteiger partial charge < -0.3 is 20.2 Å². The fraction of sp³-hybridized carbons (Fsp3) is 0.333. The highest BCUT2D eigenvalue weighted by molar-refractivity contribution is 7.55. The Balaban J connectivity index is 2.76. The van der Waals surface area contributed by atoms with Crippen LogP contribution in [0.25, 0.3) is 0 Å². The Kier molecular flexibility index (Phi) is 5.90. The predicted molar refractivity (Wildman–Crippen MR) is 73.1 cm³/mol. The van der Waals surface area contributed by atoms with Crippen molar-refractivity contribution in [2.24, 2.45) is 0 Å². The first-order valence-electron chi connectivity index (χ1n) is 6.02. The summed E-state index contributed by atoms with van der Waals surface area (Å²) in [5, 5.41) is 29.1. The smallest absolute Gasteiger partial charge is 0.321 e. The van der Waals surface area contributed by atoms with Crippen LogP contribution in [-0.4, -0.2) is 38.2 Å². The van der Waals surface area contributed by atoms with Crippen LogP contribution < -0.4 is 5.09 Å². The maximum atomic E-state index is 12.0. The molecule has 0 aromatic heterocycles. The average Bonchev–Trinajstić information content (AvgIpc) is 2.36. The van der Waals surface area contributed by atoms with Gasteiger partial charge in [-0.2, -0.15) is 0 Å². The second kappa shape index (κ2) is 7.21. The van der Waals surface area contributed by atoms with Crippen molar-refractivity contribution in [3.05, 3.63) is 29.8 Å². The molecule has 1 rings (SSSR count). The Morgan fingerprint density at radius 1 is 1.24 bits per heavy atom. The monoisotopic (exact) mass is 317 g/mol. The van der Waals surface area contributed by atoms with Crippen molar-refractivity contribution in [3.63, 3.8) is 0 Å². The third kappa shape index (κ3) is 5.95. The van der Waals surface area contributed by atoms with Crippen LogP contribution in [0.5, 0.6) is 5.75 Å². The molecule has 0 amide bonds. The molecule has 1 aromatic carbocycles. The van der Waals surface area contributed by atoms with Crippen molar-refractivity contribution in [2.75, 3.05) is 0 Å². The van der Waals surface area contributed by atoms with Gasteiger partial charge in [0.25, 0.3) is 7.52 Å². The number of aliphatic carboxylic acids is 2. The Morgan fingerprint density at radius 3 is 2.38 bits per heavy atom. The Hall–Kier alpha value is -1.89. The summed E-state index contributed by atoms with van der Waals surface area (Å²) in [4.78, 5) is 31.2. The molecule has 116 valence electrons. The SMILES string of the molecule is O=C(O)CCC(NP(=O)(O)Cc1ccccc1O)C(=O)O. The van der Waals surface area contributed by atoms with Crippen molar-refractivity contribution in [1.82, 2.24) is 5.09 Å². The van der Waals surface area contributed by atoms with E-state index in [2.05, 4.69) is 5.09 Å². The molecule has 0 saturated carbocycles. The Morgan fingerprint density at radius 2 is 1.86 bits per heavy atom. The fourth-order valence-electron chi connectivity index (χ4n) is 1.68. The van der Waals surface area contributed by atoms with Gasteiger partial charge >= 0.3 is 11.9 Å². The van der Waals surface area contributed by atoms with Crippen LogP contribution in [0.1, 0.15) is 18.4 Å². The van der Waals surface area contributed by atoms with E-state index >= 15 is 0 Å². The van der Waals surface area contributed by atoms with E-state index in [0.29, 0.717) is 0 Å². The summed E-state index contributed by atoms with van der Waals surface area (Å²) in [5.74, 6) is -2.79. The van der Waals surface area contributed by atoms with Crippen LogP contribution in [0.3, 0.4) is 0 Å². The third-order valence-electron chi connectivity index (χ3n) is 2.68. The van der Waals surface area contributed by atoms with Gasteiger partial charge in [-0.15, -0.1) is 0 Å². The van der Waals surface area contributed by atoms with Crippen LogP contribution in [0.4, 0.5) is 0 Å². The zero-order valence-corrected chi connectivity index (χ0v) is 11.9. The van der Waals surface area contributed by atoms with E-state index in [9.17, 15) is 24.2 Å². The average molecular weight is 317 g/mol. The molecule has 0 radical (unpaired) electrons. The molecular formula is C12H16NO7P. The molecule has 1 aromatic rings. The number of phenolic OH excluding ortho intramolecular Hbond substituents is 1. The van der Waals surface area contributed by atoms with Crippen molar-refractivity contribution in [1.29, 1.82) is 0 Å². The van der Waals surface area contributed by atoms with E-state index in [1.807, 2.05) is 0 Å². The normalized spacial score (nSPS) is 15.1. The summed E-state index contributed by atoms with van der Waals surface area (Å²) in [6.45, 7) is 0. The number of aromatic hydroxyl groups is 1. The number of hydrogen-bond acceptors (Lipinski definition) is 4. The van der Waals surface area contributed by atoms with E-state index in [1.54, 1.807) is 12.1 Å². The standard InChI is InChI=1S/C12H16NO7P/c14-10-4-2-1-3-8(10)7-21(19,20)13-9(12(17)18)5-6-11(15)16/h1-4,9,14H,5-7H2,(H,15,16)(H,17,18)(H2,13,19,20). The first-order valence-corrected chi connectivity index (χ1v) is 7.87. The van der Waals surface area contributed by atoms with Crippen LogP contribution in [-0.2, 0) is 20.3 Å². The summed E-state index contributed by atoms with van der Waals surface area (Å²) in [6.07, 6.45) is -1.23. The van der Waals surface area contributed by atoms with Gasteiger partial charge in [-0.05, 0) is 12.5 Å². The van der Waals surface area contributed by atoms with Crippen LogP contribution in [0, 0.1) is 0 Å². The third-order valence-corrected chi connectivity index (χ3v) is 4.16. The van der Waals surface area contributed by atoms with Gasteiger partial charge in [0.1, 0.15) is 11.8 Å². The van der Waals surface area contributed by atoms with E-state index in [1.165, 1.54) is 12.1 Å². The first kappa shape index (κ1) is 17.2. The molecule has 0 aliphatic carbocycles. The second-order valence-electron chi connectivity index (χ2n) is 4.44. The van der Waals surface area contributed by atoms with Crippen molar-refractivity contribution < 1.29 is 34.4 Å². The minimum Gasteiger partial charge on any atom is -0.508 e. The highest BCUT2D eigenvalue weighted by Gasteiger charge is 2.29. The van der Waals surface area contributed by atoms with Crippen LogP contribution in [0.15, 0.2) is 24.3 Å². The molecule has 0 bridgehead atoms. The summed E-state index contributed by atoms with van der Waals surface area (Å²) in [7, 11) is -4.10. The van der Waals surface area contributed by atoms with Gasteiger partial charge in [-0.25, -0.2) is 5.09 Å². The van der Waals surface area contributed by atoms with Gasteiger partial charge in [-0.3, -0.25) is 14.2 Å². The molecular weight excluding hydrogens is 301 g/mol. The lowest BCUT2D eigenvalue weighted by Crippen LogP contribution is -2.35. The number of para-hydroxylation sites is 1. The molecule has 9 heteroatoms. The minimum absolute atomic E-state index is 0.175. The minimum atomic E-state index is -4.10. The van der Waals surface area contributed by atoms with Crippen molar-refractivity contribution in [2.45, 2.75) is 25.0 Å². The van der Waals surface area contributed by atoms with E-state index < -0.39 is 38.1 Å². The topological polar surface area (TPSA) is 144 Å². The van der Waals surface area contributed by atoms with Gasteiger partial charge in [0, 0.05) is 12.0 Å². The van der Waals surface area contributed by atoms with E-state index in [4.69, 9.17) is 10.2 Å². The summed E-state index contributed by atoms with van der Waals surface area (Å²) in [6, 6.07) is 4.43. The lowest BCUT2D eigenvalue weighted by Gasteiger charge is -2.19. The van der Waals surface area contributed by atoms with E-state index in [-0.39, 0.29) is 17.7 Å². The molecule has 0 spiro atoms. The fourth-order valence-corrected chi connectivity index (χ4v) is 3.22. The van der Waals surface area contributed by atoms with Gasteiger partial charge in [-0.1, -0.05) is 18.2 Å². The predicted octanol–water partition coefficient (Wildman–Crippen LogP) is 0.985. The summed E-state index contributed by atoms with van der Waals surface area (Å²) < 4.78 is 12.0. The highest BCUT2D eigenvalue weighted by Crippen LogP contribution is 2.42. The Labute approximate surface area is 120 Å². The first-order chi connectivity index (χ1) is 9.71. The molecule has 21 heavy (non-hydrogen) atoms. The lowest BCUT2D eigenvalue weighted by molar-refractivity contribution is -0.140. The number of rotatable bonds is 8. The lowest BCUT2D eigenvalue weighted by atomic mass is 10.2. The van der Waals surface area contributed by atoms with Crippen molar-refractivity contribution >= 4 is 19.5 Å². The number of hydrogen-bond donors (Lipinski definition) is 5. The number of benzene rings is 1. The maximum absolute atomic E-state index is 12.0. The molecule has 0 saturated heterocycles. The molecule has 0 aliphatic heterocycles. The molecule has 2 atom stereocenters. The Bertz CT molecular complexity index is 574. The van der Waals surface area contributed by atoms with Gasteiger partial charge in [0.05, 0.1) is 6.16 Å². The number of carboxylic acid groups (broad SMARTS) is 2. The van der Waals surface area contributed by atoms with Gasteiger partial charge in [0.2, 0.25) is 0 Å². The van der Waals surface area contributed by atoms with Crippen molar-refractivity contribution in [3.8, 4) is 5.75 Å². The summed E-state index contributed by atoms with van der Waals surface area (Å²) in [5.41, 5.74) is 0.193. The molecule has 0 aliphatic rings. The molecule has 5 N–H and O–H groups in total. The number of carboxylic acids is 2. The second-order valence-corrected chi connectivity index (χ2v) is 6.42. The van der Waals surface area contributed by atoms with Crippen LogP contribution in [0.2, 0.25) is 0 Å². The molecule has 2 unspecified atom stereocenters. The van der Waals surface area contributed by atoms with E-state index in [0.717, 1.165) is 0 Å². The highest BCUT2D eigenvalue weighted by atomic mass is 31.2. The molecule has 0 fully saturated rings. The van der Waals surface area contributed by atoms with Gasteiger partial charge in [0.15, 0.2) is 0 Å². The molecule has 8 nitrogen and oxygen atoms in total. The summed E-state index contributed by atoms with van der Waals surface area (Å²) >= 11 is 0. The zero-order chi connectivity index (χ0) is 16.0.